The maximum Gasteiger partial charge on any atom is 0.242 e. The third-order valence-electron chi connectivity index (χ3n) is 5.12. The number of sulfonamides is 1. The zero-order valence-corrected chi connectivity index (χ0v) is 19.6. The Bertz CT molecular complexity index is 1190. The first kappa shape index (κ1) is 23.7. The highest BCUT2D eigenvalue weighted by Gasteiger charge is 2.20. The Kier molecular flexibility index (Phi) is 7.47. The summed E-state index contributed by atoms with van der Waals surface area (Å²) in [6.45, 7) is 2.86. The van der Waals surface area contributed by atoms with Crippen LogP contribution in [0, 0.1) is 0 Å². The molecule has 0 radical (unpaired) electrons. The monoisotopic (exact) mass is 459 g/mol. The molecule has 0 saturated heterocycles. The fraction of sp³-hybridized carbons (Fsp3) is 0.409. The van der Waals surface area contributed by atoms with Crippen LogP contribution in [0.4, 0.5) is 5.69 Å². The van der Waals surface area contributed by atoms with Crippen LogP contribution >= 0.6 is 0 Å². The van der Waals surface area contributed by atoms with Crippen LogP contribution in [0.25, 0.3) is 11.0 Å². The zero-order valence-electron chi connectivity index (χ0n) is 18.8. The lowest BCUT2D eigenvalue weighted by molar-refractivity contribution is -0.116. The summed E-state index contributed by atoms with van der Waals surface area (Å²) in [5, 5.41) is 2.82. The molecule has 0 unspecified atom stereocenters. The average molecular weight is 460 g/mol. The van der Waals surface area contributed by atoms with E-state index in [0.29, 0.717) is 23.5 Å². The zero-order chi connectivity index (χ0) is 23.3. The molecule has 0 aliphatic rings. The van der Waals surface area contributed by atoms with Crippen molar-refractivity contribution in [1.29, 1.82) is 0 Å². The van der Waals surface area contributed by atoms with Crippen molar-refractivity contribution >= 4 is 32.7 Å². The normalized spacial score (nSPS) is 11.8. The molecular weight excluding hydrogens is 430 g/mol. The van der Waals surface area contributed by atoms with Gasteiger partial charge in [-0.15, -0.1) is 0 Å². The minimum absolute atomic E-state index is 0.151. The molecule has 172 valence electrons. The Hall–Kier alpha value is -2.98. The van der Waals surface area contributed by atoms with Crippen LogP contribution in [0.1, 0.15) is 32.0 Å². The number of rotatable bonds is 10. The smallest absolute Gasteiger partial charge is 0.242 e. The summed E-state index contributed by atoms with van der Waals surface area (Å²) in [4.78, 5) is 21.4. The second-order valence-corrected chi connectivity index (χ2v) is 9.76. The number of nitrogens with zero attached hydrogens (tertiary/aromatic N) is 4. The first-order chi connectivity index (χ1) is 15.3. The maximum atomic E-state index is 12.5. The Morgan fingerprint density at radius 3 is 2.62 bits per heavy atom. The van der Waals surface area contributed by atoms with E-state index >= 15 is 0 Å². The van der Waals surface area contributed by atoms with E-state index in [0.717, 1.165) is 30.7 Å². The van der Waals surface area contributed by atoms with Crippen molar-refractivity contribution in [3.8, 4) is 5.88 Å². The molecule has 32 heavy (non-hydrogen) atoms. The van der Waals surface area contributed by atoms with Crippen LogP contribution in [-0.2, 0) is 27.8 Å². The van der Waals surface area contributed by atoms with E-state index in [2.05, 4.69) is 26.8 Å². The van der Waals surface area contributed by atoms with Gasteiger partial charge in [0.05, 0.1) is 34.9 Å². The number of imidazole rings is 1. The lowest BCUT2D eigenvalue weighted by Gasteiger charge is -2.11. The van der Waals surface area contributed by atoms with Gasteiger partial charge >= 0.3 is 0 Å². The molecule has 1 amide bonds. The molecule has 0 aliphatic carbocycles. The Morgan fingerprint density at radius 2 is 2.00 bits per heavy atom. The summed E-state index contributed by atoms with van der Waals surface area (Å²) < 4.78 is 33.3. The Morgan fingerprint density at radius 1 is 1.22 bits per heavy atom. The number of carbonyl (C=O) groups is 1. The van der Waals surface area contributed by atoms with Crippen LogP contribution in [0.5, 0.6) is 5.88 Å². The lowest BCUT2D eigenvalue weighted by Crippen LogP contribution is -2.22. The number of hydrogen-bond donors (Lipinski definition) is 1. The van der Waals surface area contributed by atoms with Crippen LogP contribution in [0.15, 0.2) is 41.4 Å². The van der Waals surface area contributed by atoms with Gasteiger partial charge in [0.15, 0.2) is 0 Å². The highest BCUT2D eigenvalue weighted by atomic mass is 32.2. The summed E-state index contributed by atoms with van der Waals surface area (Å²) >= 11 is 0. The summed E-state index contributed by atoms with van der Waals surface area (Å²) in [7, 11) is 0.986. The van der Waals surface area contributed by atoms with E-state index in [1.165, 1.54) is 25.5 Å². The van der Waals surface area contributed by atoms with Crippen molar-refractivity contribution < 1.29 is 17.9 Å². The van der Waals surface area contributed by atoms with Crippen LogP contribution in [0.3, 0.4) is 0 Å². The summed E-state index contributed by atoms with van der Waals surface area (Å²) in [5.74, 6) is 1.08. The number of methoxy groups -OCH3 is 1. The van der Waals surface area contributed by atoms with Gasteiger partial charge in [0, 0.05) is 39.5 Å². The molecule has 0 saturated carbocycles. The SMILES string of the molecule is CCCCn1c(CCC(=O)Nc2ccc(OC)nc2)nc2cc(S(=O)(=O)N(C)C)ccc21. The molecule has 0 fully saturated rings. The minimum Gasteiger partial charge on any atom is -0.481 e. The van der Waals surface area contributed by atoms with Gasteiger partial charge in [-0.25, -0.2) is 22.7 Å². The Labute approximate surface area is 188 Å². The molecule has 10 heteroatoms. The van der Waals surface area contributed by atoms with E-state index in [1.54, 1.807) is 36.5 Å². The van der Waals surface area contributed by atoms with E-state index in [-0.39, 0.29) is 17.2 Å². The van der Waals surface area contributed by atoms with E-state index < -0.39 is 10.0 Å². The third kappa shape index (κ3) is 5.25. The van der Waals surface area contributed by atoms with Gasteiger partial charge in [-0.2, -0.15) is 0 Å². The number of anilines is 1. The number of aromatic nitrogens is 3. The standard InChI is InChI=1S/C22H29N5O4S/c1-5-6-13-27-19-9-8-17(32(29,30)26(2)3)14-18(19)25-20(27)10-11-21(28)24-16-7-12-22(31-4)23-15-16/h7-9,12,14-15H,5-6,10-11,13H2,1-4H3,(H,24,28). The highest BCUT2D eigenvalue weighted by Crippen LogP contribution is 2.23. The summed E-state index contributed by atoms with van der Waals surface area (Å²) in [6.07, 6.45) is 4.19. The lowest BCUT2D eigenvalue weighted by atomic mass is 10.2. The van der Waals surface area contributed by atoms with Crippen LogP contribution < -0.4 is 10.1 Å². The molecule has 0 aliphatic heterocycles. The van der Waals surface area contributed by atoms with Gasteiger partial charge in [-0.05, 0) is 30.7 Å². The first-order valence-corrected chi connectivity index (χ1v) is 11.9. The summed E-state index contributed by atoms with van der Waals surface area (Å²) in [5.41, 5.74) is 2.07. The molecule has 1 N–H and O–H groups in total. The van der Waals surface area contributed by atoms with Gasteiger partial charge in [-0.1, -0.05) is 13.3 Å². The van der Waals surface area contributed by atoms with Gasteiger partial charge < -0.3 is 14.6 Å². The minimum atomic E-state index is -3.55. The molecule has 0 atom stereocenters. The fourth-order valence-electron chi connectivity index (χ4n) is 3.31. The number of aryl methyl sites for hydroxylation is 2. The number of pyridine rings is 1. The van der Waals surface area contributed by atoms with Crippen molar-refractivity contribution in [2.45, 2.75) is 44.0 Å². The molecule has 0 bridgehead atoms. The molecule has 1 aromatic carbocycles. The quantitative estimate of drug-likeness (QED) is 0.499. The number of amides is 1. The van der Waals surface area contributed by atoms with E-state index in [1.807, 2.05) is 0 Å². The number of unbranched alkanes of at least 4 members (excludes halogenated alkanes) is 1. The number of ether oxygens (including phenoxy) is 1. The second-order valence-electron chi connectivity index (χ2n) is 7.61. The van der Waals surface area contributed by atoms with Crippen molar-refractivity contribution in [3.05, 3.63) is 42.4 Å². The van der Waals surface area contributed by atoms with Crippen molar-refractivity contribution in [2.75, 3.05) is 26.5 Å². The fourth-order valence-corrected chi connectivity index (χ4v) is 4.23. The van der Waals surface area contributed by atoms with Gasteiger partial charge in [0.1, 0.15) is 5.82 Å². The van der Waals surface area contributed by atoms with Gasteiger partial charge in [-0.3, -0.25) is 4.79 Å². The molecule has 2 aromatic heterocycles. The van der Waals surface area contributed by atoms with Crippen LogP contribution in [0.2, 0.25) is 0 Å². The number of nitrogens with one attached hydrogen (secondary N) is 1. The summed E-state index contributed by atoms with van der Waals surface area (Å²) in [6, 6.07) is 8.40. The first-order valence-electron chi connectivity index (χ1n) is 10.5. The largest absolute Gasteiger partial charge is 0.481 e. The Balaban J connectivity index is 1.81. The van der Waals surface area contributed by atoms with E-state index in [4.69, 9.17) is 4.74 Å². The molecule has 3 rings (SSSR count). The van der Waals surface area contributed by atoms with Crippen molar-refractivity contribution in [2.24, 2.45) is 0 Å². The molecule has 0 spiro atoms. The third-order valence-corrected chi connectivity index (χ3v) is 6.93. The number of carbonyl (C=O) groups excluding carboxylic acids is 1. The van der Waals surface area contributed by atoms with Crippen LogP contribution in [-0.4, -0.2) is 54.4 Å². The topological polar surface area (TPSA) is 106 Å². The number of benzene rings is 1. The van der Waals surface area contributed by atoms with Gasteiger partial charge in [0.25, 0.3) is 0 Å². The molecule has 3 aromatic rings. The second kappa shape index (κ2) is 10.1. The molecule has 9 nitrogen and oxygen atoms in total. The van der Waals surface area contributed by atoms with Crippen molar-refractivity contribution in [3.63, 3.8) is 0 Å². The average Bonchev–Trinajstić information content (AvgIpc) is 3.13. The van der Waals surface area contributed by atoms with Crippen molar-refractivity contribution in [1.82, 2.24) is 18.8 Å². The molecule has 2 heterocycles. The van der Waals surface area contributed by atoms with E-state index in [9.17, 15) is 13.2 Å². The predicted octanol–water partition coefficient (Wildman–Crippen LogP) is 3.06. The molecular formula is C22H29N5O4S. The predicted molar refractivity (Wildman–Crippen MR) is 123 cm³/mol. The highest BCUT2D eigenvalue weighted by molar-refractivity contribution is 7.89. The maximum absolute atomic E-state index is 12.5. The number of fused-ring (bicyclic) bond motifs is 1. The number of hydrogen-bond acceptors (Lipinski definition) is 6. The van der Waals surface area contributed by atoms with Gasteiger partial charge in [0.2, 0.25) is 21.8 Å².